The maximum Gasteiger partial charge on any atom is 0.318 e. The van der Waals surface area contributed by atoms with Crippen molar-refractivity contribution in [2.24, 2.45) is 11.8 Å². The first-order valence-corrected chi connectivity index (χ1v) is 8.36. The van der Waals surface area contributed by atoms with Crippen molar-refractivity contribution in [3.63, 3.8) is 0 Å². The molecule has 0 aliphatic carbocycles. The van der Waals surface area contributed by atoms with E-state index < -0.39 is 17.9 Å². The largest absolute Gasteiger partial charge is 0.481 e. The highest BCUT2D eigenvalue weighted by atomic mass is 16.5. The Morgan fingerprint density at radius 1 is 1.46 bits per heavy atom. The van der Waals surface area contributed by atoms with Crippen LogP contribution in [-0.2, 0) is 9.53 Å². The summed E-state index contributed by atoms with van der Waals surface area (Å²) in [5.74, 6) is -0.325. The molecule has 0 radical (unpaired) electrons. The summed E-state index contributed by atoms with van der Waals surface area (Å²) in [5.41, 5.74) is 0. The maximum atomic E-state index is 12.5. The lowest BCUT2D eigenvalue weighted by Crippen LogP contribution is -2.48. The highest BCUT2D eigenvalue weighted by Gasteiger charge is 2.29. The number of nitrogens with one attached hydrogen (secondary N) is 1. The van der Waals surface area contributed by atoms with Crippen LogP contribution in [0.15, 0.2) is 22.8 Å². The minimum absolute atomic E-state index is 0.235. The number of carboxylic acid groups (broad SMARTS) is 1. The van der Waals surface area contributed by atoms with Crippen LogP contribution in [0.3, 0.4) is 0 Å². The molecule has 1 aromatic heterocycles. The fourth-order valence-corrected chi connectivity index (χ4v) is 2.71. The molecule has 24 heavy (non-hydrogen) atoms. The van der Waals surface area contributed by atoms with Crippen molar-refractivity contribution in [3.05, 3.63) is 24.2 Å². The number of carbonyl (C=O) groups excluding carboxylic acids is 1. The van der Waals surface area contributed by atoms with Gasteiger partial charge in [0.15, 0.2) is 0 Å². The van der Waals surface area contributed by atoms with Crippen molar-refractivity contribution in [2.45, 2.75) is 32.7 Å². The summed E-state index contributed by atoms with van der Waals surface area (Å²) in [4.78, 5) is 25.2. The summed E-state index contributed by atoms with van der Waals surface area (Å²) in [5, 5.41) is 12.0. The molecule has 7 heteroatoms. The number of carboxylic acids is 1. The molecular weight excluding hydrogens is 312 g/mol. The molecule has 1 aliphatic heterocycles. The number of hydrogen-bond acceptors (Lipinski definition) is 4. The predicted octanol–water partition coefficient (Wildman–Crippen LogP) is 2.50. The van der Waals surface area contributed by atoms with E-state index in [0.717, 1.165) is 0 Å². The third-order valence-corrected chi connectivity index (χ3v) is 3.98. The first-order valence-electron chi connectivity index (χ1n) is 8.36. The maximum absolute atomic E-state index is 12.5. The third-order valence-electron chi connectivity index (χ3n) is 3.98. The number of carbonyl (C=O) groups is 2. The van der Waals surface area contributed by atoms with Gasteiger partial charge in [0.2, 0.25) is 0 Å². The van der Waals surface area contributed by atoms with Crippen molar-refractivity contribution >= 4 is 12.0 Å². The van der Waals surface area contributed by atoms with E-state index in [1.54, 1.807) is 23.3 Å². The summed E-state index contributed by atoms with van der Waals surface area (Å²) in [6.45, 7) is 5.82. The zero-order chi connectivity index (χ0) is 17.5. The van der Waals surface area contributed by atoms with E-state index in [2.05, 4.69) is 19.2 Å². The molecule has 1 aromatic rings. The molecule has 1 aliphatic rings. The highest BCUT2D eigenvalue weighted by Crippen LogP contribution is 2.19. The molecule has 7 nitrogen and oxygen atoms in total. The predicted molar refractivity (Wildman–Crippen MR) is 87.6 cm³/mol. The second kappa shape index (κ2) is 8.73. The van der Waals surface area contributed by atoms with E-state index in [0.29, 0.717) is 44.3 Å². The lowest BCUT2D eigenvalue weighted by atomic mass is 9.99. The lowest BCUT2D eigenvalue weighted by molar-refractivity contribution is -0.143. The molecule has 1 fully saturated rings. The van der Waals surface area contributed by atoms with Crippen molar-refractivity contribution < 1.29 is 23.8 Å². The number of aliphatic carboxylic acids is 1. The van der Waals surface area contributed by atoms with Crippen molar-refractivity contribution in [3.8, 4) is 0 Å². The first kappa shape index (κ1) is 18.3. The van der Waals surface area contributed by atoms with Gasteiger partial charge in [-0.05, 0) is 30.9 Å². The smallest absolute Gasteiger partial charge is 0.318 e. The molecule has 2 unspecified atom stereocenters. The quantitative estimate of drug-likeness (QED) is 0.797. The second-order valence-corrected chi connectivity index (χ2v) is 6.57. The summed E-state index contributed by atoms with van der Waals surface area (Å²) in [6, 6.07) is 2.88. The van der Waals surface area contributed by atoms with Gasteiger partial charge in [-0.25, -0.2) is 4.79 Å². The minimum atomic E-state index is -0.852. The Morgan fingerprint density at radius 2 is 2.25 bits per heavy atom. The van der Waals surface area contributed by atoms with Gasteiger partial charge in [-0.15, -0.1) is 0 Å². The summed E-state index contributed by atoms with van der Waals surface area (Å²) < 4.78 is 11.0. The summed E-state index contributed by atoms with van der Waals surface area (Å²) >= 11 is 0. The number of amides is 2. The Hall–Kier alpha value is -2.02. The van der Waals surface area contributed by atoms with Crippen LogP contribution >= 0.6 is 0 Å². The van der Waals surface area contributed by atoms with Gasteiger partial charge in [0, 0.05) is 19.7 Å². The monoisotopic (exact) mass is 338 g/mol. The number of piperidine rings is 1. The van der Waals surface area contributed by atoms with Gasteiger partial charge in [-0.1, -0.05) is 13.8 Å². The van der Waals surface area contributed by atoms with Crippen LogP contribution in [0, 0.1) is 11.8 Å². The Morgan fingerprint density at radius 3 is 2.88 bits per heavy atom. The second-order valence-electron chi connectivity index (χ2n) is 6.57. The third kappa shape index (κ3) is 5.26. The molecular formula is C17H26N2O5. The van der Waals surface area contributed by atoms with Crippen LogP contribution in [0.2, 0.25) is 0 Å². The van der Waals surface area contributed by atoms with E-state index in [9.17, 15) is 9.59 Å². The number of nitrogens with zero attached hydrogens (tertiary/aromatic N) is 1. The number of rotatable bonds is 7. The van der Waals surface area contributed by atoms with Gasteiger partial charge in [0.25, 0.3) is 0 Å². The number of ether oxygens (including phenoxy) is 1. The van der Waals surface area contributed by atoms with Crippen molar-refractivity contribution in [2.75, 3.05) is 26.3 Å². The van der Waals surface area contributed by atoms with Gasteiger partial charge in [-0.3, -0.25) is 4.79 Å². The van der Waals surface area contributed by atoms with Gasteiger partial charge in [0.1, 0.15) is 11.8 Å². The van der Waals surface area contributed by atoms with Crippen LogP contribution in [0.25, 0.3) is 0 Å². The molecule has 2 amide bonds. The SMILES string of the molecule is CC(C)COCC(NC(=O)N1CCCC(C(=O)O)C1)c1ccco1. The van der Waals surface area contributed by atoms with Crippen LogP contribution < -0.4 is 5.32 Å². The van der Waals surface area contributed by atoms with E-state index in [1.165, 1.54) is 0 Å². The standard InChI is InChI=1S/C17H26N2O5/c1-12(2)10-23-11-14(15-6-4-8-24-15)18-17(22)19-7-3-5-13(9-19)16(20)21/h4,6,8,12-14H,3,5,7,9-11H2,1-2H3,(H,18,22)(H,20,21). The Balaban J connectivity index is 1.95. The van der Waals surface area contributed by atoms with Gasteiger partial charge >= 0.3 is 12.0 Å². The zero-order valence-corrected chi connectivity index (χ0v) is 14.2. The molecule has 0 bridgehead atoms. The van der Waals surface area contributed by atoms with Gasteiger partial charge < -0.3 is 24.5 Å². The van der Waals surface area contributed by atoms with E-state index in [-0.39, 0.29) is 12.6 Å². The first-order chi connectivity index (χ1) is 11.5. The summed E-state index contributed by atoms with van der Waals surface area (Å²) in [6.07, 6.45) is 2.86. The van der Waals surface area contributed by atoms with Crippen molar-refractivity contribution in [1.29, 1.82) is 0 Å². The lowest BCUT2D eigenvalue weighted by Gasteiger charge is -2.32. The number of likely N-dealkylation sites (tertiary alicyclic amines) is 1. The fraction of sp³-hybridized carbons (Fsp3) is 0.647. The van der Waals surface area contributed by atoms with E-state index >= 15 is 0 Å². The van der Waals surface area contributed by atoms with Gasteiger partial charge in [0.05, 0.1) is 18.8 Å². The number of urea groups is 1. The van der Waals surface area contributed by atoms with E-state index in [1.807, 2.05) is 0 Å². The van der Waals surface area contributed by atoms with Crippen LogP contribution in [0.1, 0.15) is 38.5 Å². The molecule has 0 spiro atoms. The van der Waals surface area contributed by atoms with Crippen LogP contribution in [0.4, 0.5) is 4.79 Å². The molecule has 0 saturated carbocycles. The average Bonchev–Trinajstić information content (AvgIpc) is 3.08. The zero-order valence-electron chi connectivity index (χ0n) is 14.2. The number of furan rings is 1. The fourth-order valence-electron chi connectivity index (χ4n) is 2.71. The molecule has 2 rings (SSSR count). The average molecular weight is 338 g/mol. The Bertz CT molecular complexity index is 529. The van der Waals surface area contributed by atoms with Crippen molar-refractivity contribution in [1.82, 2.24) is 10.2 Å². The highest BCUT2D eigenvalue weighted by molar-refractivity contribution is 5.76. The number of hydrogen-bond donors (Lipinski definition) is 2. The molecule has 2 heterocycles. The molecule has 2 atom stereocenters. The minimum Gasteiger partial charge on any atom is -0.481 e. The topological polar surface area (TPSA) is 92.0 Å². The van der Waals surface area contributed by atoms with Gasteiger partial charge in [-0.2, -0.15) is 0 Å². The molecule has 1 saturated heterocycles. The van der Waals surface area contributed by atoms with Crippen LogP contribution in [-0.4, -0.2) is 48.3 Å². The normalized spacial score (nSPS) is 19.3. The molecule has 134 valence electrons. The van der Waals surface area contributed by atoms with E-state index in [4.69, 9.17) is 14.3 Å². The Labute approximate surface area is 142 Å². The molecule has 0 aromatic carbocycles. The molecule has 2 N–H and O–H groups in total. The van der Waals surface area contributed by atoms with Crippen LogP contribution in [0.5, 0.6) is 0 Å². The Kier molecular flexibility index (Phi) is 6.66. The summed E-state index contributed by atoms with van der Waals surface area (Å²) in [7, 11) is 0.